The number of nitriles is 1. The monoisotopic (exact) mass is 453 g/mol. The Labute approximate surface area is 196 Å². The van der Waals surface area contributed by atoms with Gasteiger partial charge in [0.05, 0.1) is 34.0 Å². The molecule has 164 valence electrons. The van der Waals surface area contributed by atoms with Crippen molar-refractivity contribution in [1.82, 2.24) is 9.55 Å². The molecule has 0 radical (unpaired) electrons. The van der Waals surface area contributed by atoms with E-state index in [0.717, 1.165) is 16.7 Å². The second kappa shape index (κ2) is 9.05. The number of fused-ring (bicyclic) bond motifs is 1. The number of aryl methyl sites for hydroxylation is 1. The Morgan fingerprint density at radius 2 is 1.70 bits per heavy atom. The maximum atomic E-state index is 13.4. The number of benzene rings is 3. The van der Waals surface area contributed by atoms with Crippen LogP contribution in [0.15, 0.2) is 64.5 Å². The average molecular weight is 454 g/mol. The van der Waals surface area contributed by atoms with Crippen LogP contribution in [0.2, 0.25) is 0 Å². The Morgan fingerprint density at radius 1 is 1.00 bits per heavy atom. The Hall–Kier alpha value is -3.69. The first-order valence-electron chi connectivity index (χ1n) is 10.6. The molecule has 0 saturated carbocycles. The number of carbonyl (C=O) groups excluding carboxylic acids is 1. The SMILES string of the molecule is Cc1cc(C(=O)CSc2nc3ccccc3c(=O)n2-c2ccc(C#N)cc2)c(C)c(C)c1C. The van der Waals surface area contributed by atoms with E-state index >= 15 is 0 Å². The maximum absolute atomic E-state index is 13.4. The molecule has 0 spiro atoms. The molecule has 4 aromatic rings. The van der Waals surface area contributed by atoms with Crippen molar-refractivity contribution in [3.05, 3.63) is 98.3 Å². The standard InChI is InChI=1S/C27H23N3O2S/c1-16-13-23(19(4)18(3)17(16)2)25(31)15-33-27-29-24-8-6-5-7-22(24)26(32)30(27)21-11-9-20(14-28)10-12-21/h5-13H,15H2,1-4H3. The average Bonchev–Trinajstić information content (AvgIpc) is 2.83. The topological polar surface area (TPSA) is 75.8 Å². The van der Waals surface area contributed by atoms with E-state index in [4.69, 9.17) is 10.2 Å². The fourth-order valence-electron chi connectivity index (χ4n) is 3.83. The molecule has 0 fully saturated rings. The number of thioether (sulfide) groups is 1. The Morgan fingerprint density at radius 3 is 2.39 bits per heavy atom. The highest BCUT2D eigenvalue weighted by molar-refractivity contribution is 7.99. The van der Waals surface area contributed by atoms with Crippen molar-refractivity contribution < 1.29 is 4.79 Å². The van der Waals surface area contributed by atoms with E-state index in [-0.39, 0.29) is 17.1 Å². The lowest BCUT2D eigenvalue weighted by Crippen LogP contribution is -2.22. The third kappa shape index (κ3) is 4.20. The van der Waals surface area contributed by atoms with Gasteiger partial charge in [-0.15, -0.1) is 0 Å². The molecule has 1 heterocycles. The van der Waals surface area contributed by atoms with Crippen LogP contribution in [0.3, 0.4) is 0 Å². The van der Waals surface area contributed by atoms with E-state index in [0.29, 0.717) is 32.9 Å². The van der Waals surface area contributed by atoms with Gasteiger partial charge in [0.15, 0.2) is 10.9 Å². The number of nitrogens with zero attached hydrogens (tertiary/aromatic N) is 3. The van der Waals surface area contributed by atoms with Crippen LogP contribution in [0.4, 0.5) is 0 Å². The largest absolute Gasteiger partial charge is 0.293 e. The van der Waals surface area contributed by atoms with Gasteiger partial charge >= 0.3 is 0 Å². The van der Waals surface area contributed by atoms with Crippen molar-refractivity contribution in [2.45, 2.75) is 32.9 Å². The molecule has 33 heavy (non-hydrogen) atoms. The first kappa shape index (κ1) is 22.5. The Bertz CT molecular complexity index is 1500. The summed E-state index contributed by atoms with van der Waals surface area (Å²) >= 11 is 1.25. The van der Waals surface area contributed by atoms with Gasteiger partial charge in [-0.1, -0.05) is 23.9 Å². The first-order chi connectivity index (χ1) is 15.8. The summed E-state index contributed by atoms with van der Waals surface area (Å²) in [5.74, 6) is 0.154. The molecule has 0 aliphatic carbocycles. The van der Waals surface area contributed by atoms with E-state index in [2.05, 4.69) is 13.0 Å². The zero-order chi connectivity index (χ0) is 23.7. The summed E-state index contributed by atoms with van der Waals surface area (Å²) in [4.78, 5) is 31.2. The third-order valence-electron chi connectivity index (χ3n) is 6.11. The molecular formula is C27H23N3O2S. The van der Waals surface area contributed by atoms with Crippen molar-refractivity contribution in [3.8, 4) is 11.8 Å². The minimum absolute atomic E-state index is 0.00233. The van der Waals surface area contributed by atoms with Gasteiger partial charge in [-0.2, -0.15) is 5.26 Å². The second-order valence-corrected chi connectivity index (χ2v) is 8.98. The molecule has 4 rings (SSSR count). The minimum atomic E-state index is -0.210. The van der Waals surface area contributed by atoms with Gasteiger partial charge in [0.1, 0.15) is 0 Å². The van der Waals surface area contributed by atoms with Gasteiger partial charge in [0.2, 0.25) is 0 Å². The molecule has 3 aromatic carbocycles. The molecule has 0 bridgehead atoms. The van der Waals surface area contributed by atoms with Crippen LogP contribution < -0.4 is 5.56 Å². The van der Waals surface area contributed by atoms with E-state index in [1.165, 1.54) is 21.9 Å². The van der Waals surface area contributed by atoms with Gasteiger partial charge in [0.25, 0.3) is 5.56 Å². The van der Waals surface area contributed by atoms with Crippen LogP contribution in [0.25, 0.3) is 16.6 Å². The molecule has 0 unspecified atom stereocenters. The summed E-state index contributed by atoms with van der Waals surface area (Å²) in [6.07, 6.45) is 0. The predicted molar refractivity (Wildman–Crippen MR) is 132 cm³/mol. The highest BCUT2D eigenvalue weighted by Crippen LogP contribution is 2.26. The highest BCUT2D eigenvalue weighted by atomic mass is 32.2. The molecule has 0 N–H and O–H groups in total. The quantitative estimate of drug-likeness (QED) is 0.228. The number of para-hydroxylation sites is 1. The van der Waals surface area contributed by atoms with Crippen LogP contribution in [-0.2, 0) is 0 Å². The smallest absolute Gasteiger partial charge is 0.266 e. The summed E-state index contributed by atoms with van der Waals surface area (Å²) < 4.78 is 1.51. The van der Waals surface area contributed by atoms with Crippen LogP contribution in [0.1, 0.15) is 38.2 Å². The Balaban J connectivity index is 1.77. The maximum Gasteiger partial charge on any atom is 0.266 e. The van der Waals surface area contributed by atoms with Gasteiger partial charge < -0.3 is 0 Å². The normalized spacial score (nSPS) is 10.9. The lowest BCUT2D eigenvalue weighted by molar-refractivity contribution is 0.102. The number of Topliss-reactive ketones (excluding diaryl/α,β-unsaturated/α-hetero) is 1. The second-order valence-electron chi connectivity index (χ2n) is 8.04. The number of aromatic nitrogens is 2. The molecule has 5 nitrogen and oxygen atoms in total. The summed E-state index contributed by atoms with van der Waals surface area (Å²) in [7, 11) is 0. The zero-order valence-electron chi connectivity index (χ0n) is 19.0. The van der Waals surface area contributed by atoms with Crippen molar-refractivity contribution in [1.29, 1.82) is 5.26 Å². The molecule has 0 atom stereocenters. The summed E-state index contributed by atoms with van der Waals surface area (Å²) in [5, 5.41) is 10.0. The lowest BCUT2D eigenvalue weighted by Gasteiger charge is -2.15. The zero-order valence-corrected chi connectivity index (χ0v) is 19.8. The fourth-order valence-corrected chi connectivity index (χ4v) is 4.73. The Kier molecular flexibility index (Phi) is 6.17. The van der Waals surface area contributed by atoms with Gasteiger partial charge in [-0.05, 0) is 92.4 Å². The summed E-state index contributed by atoms with van der Waals surface area (Å²) in [5.41, 5.74) is 6.58. The van der Waals surface area contributed by atoms with Crippen molar-refractivity contribution >= 4 is 28.4 Å². The minimum Gasteiger partial charge on any atom is -0.293 e. The lowest BCUT2D eigenvalue weighted by atomic mass is 9.93. The van der Waals surface area contributed by atoms with Crippen molar-refractivity contribution in [2.24, 2.45) is 0 Å². The predicted octanol–water partition coefficient (Wildman–Crippen LogP) is 5.47. The molecule has 0 aliphatic heterocycles. The van der Waals surface area contributed by atoms with Crippen molar-refractivity contribution in [2.75, 3.05) is 5.75 Å². The van der Waals surface area contributed by atoms with E-state index < -0.39 is 0 Å². The molecule has 0 aliphatic rings. The number of rotatable bonds is 5. The van der Waals surface area contributed by atoms with Crippen LogP contribution in [0.5, 0.6) is 0 Å². The summed E-state index contributed by atoms with van der Waals surface area (Å²) in [6, 6.07) is 18.0. The summed E-state index contributed by atoms with van der Waals surface area (Å²) in [6.45, 7) is 8.09. The molecule has 0 amide bonds. The highest BCUT2D eigenvalue weighted by Gasteiger charge is 2.18. The molecule has 1 aromatic heterocycles. The molecule has 0 saturated heterocycles. The van der Waals surface area contributed by atoms with Gasteiger partial charge in [-0.25, -0.2) is 4.98 Å². The molecular weight excluding hydrogens is 430 g/mol. The van der Waals surface area contributed by atoms with Gasteiger partial charge in [0, 0.05) is 5.56 Å². The van der Waals surface area contributed by atoms with Crippen molar-refractivity contribution in [3.63, 3.8) is 0 Å². The fraction of sp³-hybridized carbons (Fsp3) is 0.185. The van der Waals surface area contributed by atoms with Crippen LogP contribution in [0, 0.1) is 39.0 Å². The van der Waals surface area contributed by atoms with Gasteiger partial charge in [-0.3, -0.25) is 14.2 Å². The molecule has 6 heteroatoms. The third-order valence-corrected chi connectivity index (χ3v) is 7.05. The number of ketones is 1. The van der Waals surface area contributed by atoms with E-state index in [1.807, 2.05) is 32.9 Å². The number of hydrogen-bond donors (Lipinski definition) is 0. The van der Waals surface area contributed by atoms with E-state index in [1.54, 1.807) is 42.5 Å². The first-order valence-corrected chi connectivity index (χ1v) is 11.6. The van der Waals surface area contributed by atoms with Crippen LogP contribution in [-0.4, -0.2) is 21.1 Å². The van der Waals surface area contributed by atoms with Crippen LogP contribution >= 0.6 is 11.8 Å². The number of carbonyl (C=O) groups is 1. The number of hydrogen-bond acceptors (Lipinski definition) is 5. The van der Waals surface area contributed by atoms with E-state index in [9.17, 15) is 9.59 Å².